The fourth-order valence-electron chi connectivity index (χ4n) is 3.63. The summed E-state index contributed by atoms with van der Waals surface area (Å²) >= 11 is 0. The lowest BCUT2D eigenvalue weighted by Gasteiger charge is -2.37. The Kier molecular flexibility index (Phi) is 4.92. The first-order chi connectivity index (χ1) is 13.1. The highest BCUT2D eigenvalue weighted by Gasteiger charge is 2.28. The molecule has 142 valence electrons. The van der Waals surface area contributed by atoms with Gasteiger partial charge < -0.3 is 14.7 Å². The van der Waals surface area contributed by atoms with Gasteiger partial charge in [0.1, 0.15) is 17.5 Å². The molecule has 1 amide bonds. The normalized spacial score (nSPS) is 21.9. The minimum Gasteiger partial charge on any atom is -0.353 e. The van der Waals surface area contributed by atoms with Gasteiger partial charge in [-0.2, -0.15) is 0 Å². The van der Waals surface area contributed by atoms with Gasteiger partial charge in [0.05, 0.1) is 18.8 Å². The number of hydrogen-bond acceptors (Lipinski definition) is 5. The van der Waals surface area contributed by atoms with E-state index in [1.165, 1.54) is 6.07 Å². The molecule has 3 aliphatic rings. The van der Waals surface area contributed by atoms with E-state index < -0.39 is 0 Å². The van der Waals surface area contributed by atoms with Crippen LogP contribution in [-0.4, -0.2) is 71.5 Å². The minimum absolute atomic E-state index is 0.0296. The highest BCUT2D eigenvalue weighted by Crippen LogP contribution is 2.20. The summed E-state index contributed by atoms with van der Waals surface area (Å²) in [6, 6.07) is 6.80. The van der Waals surface area contributed by atoms with Gasteiger partial charge in [-0.05, 0) is 18.1 Å². The van der Waals surface area contributed by atoms with Crippen LogP contribution in [0.1, 0.15) is 18.9 Å². The van der Waals surface area contributed by atoms with Crippen LogP contribution in [0, 0.1) is 5.82 Å². The SMILES string of the molecule is CC[C@H]1CN2C=NC(N3CCN(C(=O)Cc4ccccc4F)CC3)=CC2=N1. The number of rotatable bonds is 4. The molecule has 3 heterocycles. The second-order valence-electron chi connectivity index (χ2n) is 7.08. The number of nitrogens with zero attached hydrogens (tertiary/aromatic N) is 5. The molecule has 0 unspecified atom stereocenters. The molecule has 4 rings (SSSR count). The standard InChI is InChI=1S/C20H24FN5O/c1-2-16-13-26-14-22-18(12-19(26)23-16)24-7-9-25(10-8-24)20(27)11-15-5-3-4-6-17(15)21/h3-6,12,14,16H,2,7-11,13H2,1H3/t16-/m0/s1. The predicted molar refractivity (Wildman–Crippen MR) is 103 cm³/mol. The summed E-state index contributed by atoms with van der Waals surface area (Å²) in [4.78, 5) is 27.9. The molecule has 3 aliphatic heterocycles. The van der Waals surface area contributed by atoms with Crippen molar-refractivity contribution in [2.45, 2.75) is 25.8 Å². The van der Waals surface area contributed by atoms with Crippen LogP contribution in [0.2, 0.25) is 0 Å². The van der Waals surface area contributed by atoms with Crippen molar-refractivity contribution in [3.8, 4) is 0 Å². The Balaban J connectivity index is 1.35. The highest BCUT2D eigenvalue weighted by atomic mass is 19.1. The van der Waals surface area contributed by atoms with Crippen molar-refractivity contribution in [3.63, 3.8) is 0 Å². The van der Waals surface area contributed by atoms with E-state index in [2.05, 4.69) is 21.7 Å². The van der Waals surface area contributed by atoms with Crippen LogP contribution >= 0.6 is 0 Å². The fourth-order valence-corrected chi connectivity index (χ4v) is 3.63. The van der Waals surface area contributed by atoms with Gasteiger partial charge in [-0.15, -0.1) is 0 Å². The first-order valence-corrected chi connectivity index (χ1v) is 9.50. The Morgan fingerprint density at radius 2 is 2.00 bits per heavy atom. The molecule has 1 atom stereocenters. The molecule has 1 fully saturated rings. The van der Waals surface area contributed by atoms with E-state index in [0.717, 1.165) is 37.7 Å². The number of fused-ring (bicyclic) bond motifs is 1. The molecular formula is C20H24FN5O. The third-order valence-corrected chi connectivity index (χ3v) is 5.33. The fraction of sp³-hybridized carbons (Fsp3) is 0.450. The Bertz CT molecular complexity index is 810. The molecule has 6 nitrogen and oxygen atoms in total. The van der Waals surface area contributed by atoms with Crippen LogP contribution in [0.5, 0.6) is 0 Å². The van der Waals surface area contributed by atoms with Gasteiger partial charge in [-0.3, -0.25) is 9.79 Å². The highest BCUT2D eigenvalue weighted by molar-refractivity contribution is 6.03. The van der Waals surface area contributed by atoms with Gasteiger partial charge in [0.2, 0.25) is 5.91 Å². The van der Waals surface area contributed by atoms with Crippen molar-refractivity contribution in [1.29, 1.82) is 0 Å². The molecule has 0 N–H and O–H groups in total. The maximum absolute atomic E-state index is 13.8. The van der Waals surface area contributed by atoms with Crippen molar-refractivity contribution >= 4 is 18.1 Å². The second kappa shape index (κ2) is 7.50. The van der Waals surface area contributed by atoms with E-state index in [4.69, 9.17) is 4.99 Å². The summed E-state index contributed by atoms with van der Waals surface area (Å²) < 4.78 is 13.8. The van der Waals surface area contributed by atoms with Crippen molar-refractivity contribution in [2.75, 3.05) is 32.7 Å². The van der Waals surface area contributed by atoms with Gasteiger partial charge >= 0.3 is 0 Å². The molecule has 0 radical (unpaired) electrons. The number of carbonyl (C=O) groups is 1. The molecule has 0 bridgehead atoms. The predicted octanol–water partition coefficient (Wildman–Crippen LogP) is 1.89. The van der Waals surface area contributed by atoms with E-state index >= 15 is 0 Å². The number of halogens is 1. The van der Waals surface area contributed by atoms with E-state index in [-0.39, 0.29) is 18.1 Å². The zero-order valence-electron chi connectivity index (χ0n) is 15.5. The van der Waals surface area contributed by atoms with E-state index in [1.54, 1.807) is 18.2 Å². The van der Waals surface area contributed by atoms with Crippen LogP contribution < -0.4 is 0 Å². The Labute approximate surface area is 158 Å². The molecule has 0 saturated carbocycles. The topological polar surface area (TPSA) is 51.5 Å². The van der Waals surface area contributed by atoms with Crippen LogP contribution in [0.25, 0.3) is 0 Å². The lowest BCUT2D eigenvalue weighted by Crippen LogP contribution is -2.49. The molecular weight excluding hydrogens is 345 g/mol. The van der Waals surface area contributed by atoms with Crippen molar-refractivity contribution < 1.29 is 9.18 Å². The summed E-state index contributed by atoms with van der Waals surface area (Å²) in [5.74, 6) is 1.53. The van der Waals surface area contributed by atoms with Crippen LogP contribution in [-0.2, 0) is 11.2 Å². The first-order valence-electron chi connectivity index (χ1n) is 9.50. The van der Waals surface area contributed by atoms with Crippen molar-refractivity contribution in [1.82, 2.24) is 14.7 Å². The average Bonchev–Trinajstić information content (AvgIpc) is 3.12. The Hall–Kier alpha value is -2.70. The smallest absolute Gasteiger partial charge is 0.227 e. The lowest BCUT2D eigenvalue weighted by molar-refractivity contribution is -0.132. The van der Waals surface area contributed by atoms with E-state index in [9.17, 15) is 9.18 Å². The summed E-state index contributed by atoms with van der Waals surface area (Å²) in [6.07, 6.45) is 5.03. The largest absolute Gasteiger partial charge is 0.353 e. The Morgan fingerprint density at radius 1 is 1.22 bits per heavy atom. The van der Waals surface area contributed by atoms with Gasteiger partial charge in [0.25, 0.3) is 0 Å². The molecule has 27 heavy (non-hydrogen) atoms. The molecule has 1 aromatic rings. The van der Waals surface area contributed by atoms with Gasteiger partial charge in [0.15, 0.2) is 0 Å². The maximum Gasteiger partial charge on any atom is 0.227 e. The number of hydrogen-bond donors (Lipinski definition) is 0. The second-order valence-corrected chi connectivity index (χ2v) is 7.08. The number of aliphatic imine (C=N–C) groups is 2. The van der Waals surface area contributed by atoms with Crippen LogP contribution in [0.15, 0.2) is 46.1 Å². The van der Waals surface area contributed by atoms with E-state index in [1.807, 2.05) is 17.3 Å². The number of carbonyl (C=O) groups excluding carboxylic acids is 1. The molecule has 1 saturated heterocycles. The first kappa shape index (κ1) is 17.7. The zero-order valence-corrected chi connectivity index (χ0v) is 15.5. The summed E-state index contributed by atoms with van der Waals surface area (Å²) in [5, 5.41) is 0. The quantitative estimate of drug-likeness (QED) is 0.814. The third kappa shape index (κ3) is 3.72. The van der Waals surface area contributed by atoms with Crippen molar-refractivity contribution in [3.05, 3.63) is 47.5 Å². The van der Waals surface area contributed by atoms with E-state index in [0.29, 0.717) is 24.7 Å². The molecule has 1 aromatic carbocycles. The average molecular weight is 369 g/mol. The number of benzene rings is 1. The number of amides is 1. The van der Waals surface area contributed by atoms with Crippen LogP contribution in [0.3, 0.4) is 0 Å². The summed E-state index contributed by atoms with van der Waals surface area (Å²) in [6.45, 7) is 5.72. The lowest BCUT2D eigenvalue weighted by atomic mass is 10.1. The third-order valence-electron chi connectivity index (χ3n) is 5.33. The molecule has 0 spiro atoms. The monoisotopic (exact) mass is 369 g/mol. The van der Waals surface area contributed by atoms with Gasteiger partial charge in [-0.25, -0.2) is 9.38 Å². The summed E-state index contributed by atoms with van der Waals surface area (Å²) in [7, 11) is 0. The van der Waals surface area contributed by atoms with Gasteiger partial charge in [0, 0.05) is 38.8 Å². The zero-order chi connectivity index (χ0) is 18.8. The van der Waals surface area contributed by atoms with Gasteiger partial charge in [-0.1, -0.05) is 25.1 Å². The number of piperazine rings is 1. The molecule has 0 aliphatic carbocycles. The molecule has 7 heteroatoms. The maximum atomic E-state index is 13.8. The van der Waals surface area contributed by atoms with Crippen molar-refractivity contribution in [2.24, 2.45) is 9.98 Å². The Morgan fingerprint density at radius 3 is 2.74 bits per heavy atom. The summed E-state index contributed by atoms with van der Waals surface area (Å²) in [5.41, 5.74) is 0.453. The minimum atomic E-state index is -0.321. The molecule has 0 aromatic heterocycles. The number of amidine groups is 1. The van der Waals surface area contributed by atoms with Crippen LogP contribution in [0.4, 0.5) is 4.39 Å².